The van der Waals surface area contributed by atoms with Crippen molar-refractivity contribution in [2.75, 3.05) is 11.1 Å². The number of aromatic nitrogens is 2. The Bertz CT molecular complexity index is 968. The fraction of sp³-hybridized carbons (Fsp3) is 0.350. The lowest BCUT2D eigenvalue weighted by Gasteiger charge is -2.36. The zero-order chi connectivity index (χ0) is 19.0. The highest BCUT2D eigenvalue weighted by molar-refractivity contribution is 7.99. The molecule has 0 amide bonds. The molecule has 140 valence electrons. The maximum Gasteiger partial charge on any atom is 0.257 e. The number of aromatic amines is 1. The molecule has 0 saturated carbocycles. The predicted molar refractivity (Wildman–Crippen MR) is 104 cm³/mol. The molecule has 2 heterocycles. The second-order valence-electron chi connectivity index (χ2n) is 6.78. The summed E-state index contributed by atoms with van der Waals surface area (Å²) < 4.78 is 13.4. The van der Waals surface area contributed by atoms with Gasteiger partial charge in [-0.3, -0.25) is 9.59 Å². The molecule has 2 atom stereocenters. The van der Waals surface area contributed by atoms with Crippen molar-refractivity contribution in [3.05, 3.63) is 63.3 Å². The zero-order valence-corrected chi connectivity index (χ0v) is 15.7. The number of hydrogen-bond donors (Lipinski definition) is 2. The van der Waals surface area contributed by atoms with Gasteiger partial charge in [0.2, 0.25) is 0 Å². The Morgan fingerprint density at radius 1 is 1.22 bits per heavy atom. The van der Waals surface area contributed by atoms with E-state index in [9.17, 15) is 14.0 Å². The Morgan fingerprint density at radius 3 is 2.74 bits per heavy atom. The maximum absolute atomic E-state index is 13.4. The summed E-state index contributed by atoms with van der Waals surface area (Å²) in [4.78, 5) is 33.1. The Morgan fingerprint density at radius 2 is 2.00 bits per heavy atom. The zero-order valence-electron chi connectivity index (χ0n) is 14.9. The molecule has 0 saturated heterocycles. The van der Waals surface area contributed by atoms with Crippen molar-refractivity contribution in [2.45, 2.75) is 37.3 Å². The molecular weight excluding hydrogens is 365 g/mol. The SMILES string of the molecule is CCCSc1nc2c(c(=O)[nH]1)[C@@H](c1ccc(F)cc1)[C@@H]1C(=O)CCC=C1N2. The van der Waals surface area contributed by atoms with Crippen LogP contribution in [0.15, 0.2) is 46.0 Å². The molecule has 4 rings (SSSR count). The molecule has 1 aliphatic heterocycles. The molecule has 0 radical (unpaired) electrons. The summed E-state index contributed by atoms with van der Waals surface area (Å²) in [6.45, 7) is 2.06. The van der Waals surface area contributed by atoms with Crippen molar-refractivity contribution in [2.24, 2.45) is 5.92 Å². The van der Waals surface area contributed by atoms with Crippen LogP contribution in [0.4, 0.5) is 10.2 Å². The van der Waals surface area contributed by atoms with Crippen LogP contribution in [0.2, 0.25) is 0 Å². The van der Waals surface area contributed by atoms with Crippen molar-refractivity contribution in [3.8, 4) is 0 Å². The lowest BCUT2D eigenvalue weighted by molar-refractivity contribution is -0.122. The van der Waals surface area contributed by atoms with Gasteiger partial charge in [-0.15, -0.1) is 0 Å². The smallest absolute Gasteiger partial charge is 0.257 e. The number of carbonyl (C=O) groups excluding carboxylic acids is 1. The van der Waals surface area contributed by atoms with Crippen LogP contribution >= 0.6 is 11.8 Å². The quantitative estimate of drug-likeness (QED) is 0.618. The van der Waals surface area contributed by atoms with Gasteiger partial charge < -0.3 is 10.3 Å². The first-order valence-corrected chi connectivity index (χ1v) is 10.1. The minimum absolute atomic E-state index is 0.0869. The van der Waals surface area contributed by atoms with Gasteiger partial charge in [0.25, 0.3) is 5.56 Å². The summed E-state index contributed by atoms with van der Waals surface area (Å²) >= 11 is 1.49. The number of H-pyrrole nitrogens is 1. The summed E-state index contributed by atoms with van der Waals surface area (Å²) in [7, 11) is 0. The van der Waals surface area contributed by atoms with Gasteiger partial charge in [0.15, 0.2) is 5.16 Å². The van der Waals surface area contributed by atoms with E-state index in [2.05, 4.69) is 22.2 Å². The lowest BCUT2D eigenvalue weighted by atomic mass is 9.72. The molecule has 27 heavy (non-hydrogen) atoms. The number of rotatable bonds is 4. The van der Waals surface area contributed by atoms with Crippen LogP contribution in [0.25, 0.3) is 0 Å². The molecule has 1 aliphatic carbocycles. The number of halogens is 1. The Kier molecular flexibility index (Phi) is 4.86. The van der Waals surface area contributed by atoms with Crippen molar-refractivity contribution in [1.29, 1.82) is 0 Å². The fourth-order valence-electron chi connectivity index (χ4n) is 3.77. The normalized spacial score (nSPS) is 21.1. The maximum atomic E-state index is 13.4. The van der Waals surface area contributed by atoms with Gasteiger partial charge >= 0.3 is 0 Å². The van der Waals surface area contributed by atoms with Crippen LogP contribution in [0.5, 0.6) is 0 Å². The molecule has 0 unspecified atom stereocenters. The molecule has 1 aromatic carbocycles. The van der Waals surface area contributed by atoms with Gasteiger partial charge in [-0.2, -0.15) is 0 Å². The van der Waals surface area contributed by atoms with E-state index < -0.39 is 11.8 Å². The van der Waals surface area contributed by atoms with Gasteiger partial charge in [-0.1, -0.05) is 36.9 Å². The minimum atomic E-state index is -0.470. The molecule has 0 fully saturated rings. The third-order valence-electron chi connectivity index (χ3n) is 4.95. The lowest BCUT2D eigenvalue weighted by Crippen LogP contribution is -2.38. The Balaban J connectivity index is 1.88. The van der Waals surface area contributed by atoms with E-state index in [1.807, 2.05) is 6.08 Å². The number of anilines is 1. The third kappa shape index (κ3) is 3.32. The van der Waals surface area contributed by atoms with Crippen LogP contribution in [0, 0.1) is 11.7 Å². The summed E-state index contributed by atoms with van der Waals surface area (Å²) in [5.74, 6) is 0.147. The van der Waals surface area contributed by atoms with Crippen LogP contribution in [-0.2, 0) is 4.79 Å². The van der Waals surface area contributed by atoms with E-state index >= 15 is 0 Å². The third-order valence-corrected chi connectivity index (χ3v) is 6.03. The first kappa shape index (κ1) is 18.0. The number of ketones is 1. The first-order valence-electron chi connectivity index (χ1n) is 9.10. The van der Waals surface area contributed by atoms with Crippen molar-refractivity contribution in [3.63, 3.8) is 0 Å². The number of nitrogens with zero attached hydrogens (tertiary/aromatic N) is 1. The molecule has 2 aliphatic rings. The van der Waals surface area contributed by atoms with E-state index in [1.165, 1.54) is 23.9 Å². The highest BCUT2D eigenvalue weighted by atomic mass is 32.2. The van der Waals surface area contributed by atoms with Crippen LogP contribution in [0.1, 0.15) is 43.2 Å². The number of carbonyl (C=O) groups is 1. The highest BCUT2D eigenvalue weighted by Crippen LogP contribution is 2.44. The van der Waals surface area contributed by atoms with Gasteiger partial charge in [0.1, 0.15) is 17.4 Å². The van der Waals surface area contributed by atoms with Crippen LogP contribution in [-0.4, -0.2) is 21.5 Å². The standard InChI is InChI=1S/C20H20FN3O2S/c1-2-10-27-20-23-18-17(19(26)24-20)15(11-6-8-12(21)9-7-11)16-13(22-18)4-3-5-14(16)25/h4,6-9,15-16H,2-3,5,10H2,1H3,(H2,22,23,24,26)/t15-,16-/m0/s1. The average molecular weight is 385 g/mol. The molecule has 0 bridgehead atoms. The van der Waals surface area contributed by atoms with Gasteiger partial charge in [0, 0.05) is 23.8 Å². The highest BCUT2D eigenvalue weighted by Gasteiger charge is 2.42. The number of nitrogens with one attached hydrogen (secondary N) is 2. The number of Topliss-reactive ketones (excluding diaryl/α,β-unsaturated/α-hetero) is 1. The number of fused-ring (bicyclic) bond motifs is 2. The second-order valence-corrected chi connectivity index (χ2v) is 7.86. The molecule has 2 N–H and O–H groups in total. The van der Waals surface area contributed by atoms with Gasteiger partial charge in [-0.05, 0) is 30.5 Å². The van der Waals surface area contributed by atoms with Crippen molar-refractivity contribution in [1.82, 2.24) is 9.97 Å². The summed E-state index contributed by atoms with van der Waals surface area (Å²) in [6.07, 6.45) is 4.09. The van der Waals surface area contributed by atoms with Gasteiger partial charge in [0.05, 0.1) is 11.5 Å². The van der Waals surface area contributed by atoms with Crippen molar-refractivity contribution >= 4 is 23.4 Å². The van der Waals surface area contributed by atoms with E-state index in [-0.39, 0.29) is 17.2 Å². The van der Waals surface area contributed by atoms with Crippen LogP contribution in [0.3, 0.4) is 0 Å². The summed E-state index contributed by atoms with van der Waals surface area (Å²) in [6, 6.07) is 6.02. The van der Waals surface area contributed by atoms with Crippen LogP contribution < -0.4 is 10.9 Å². The summed E-state index contributed by atoms with van der Waals surface area (Å²) in [5.41, 5.74) is 1.72. The second kappa shape index (κ2) is 7.31. The van der Waals surface area contributed by atoms with E-state index in [0.29, 0.717) is 29.4 Å². The topological polar surface area (TPSA) is 74.8 Å². The molecule has 5 nitrogen and oxygen atoms in total. The Labute approximate surface area is 160 Å². The fourth-order valence-corrected chi connectivity index (χ4v) is 4.48. The monoisotopic (exact) mass is 385 g/mol. The molecular formula is C20H20FN3O2S. The number of hydrogen-bond acceptors (Lipinski definition) is 5. The van der Waals surface area contributed by atoms with Gasteiger partial charge in [-0.25, -0.2) is 9.37 Å². The largest absolute Gasteiger partial charge is 0.343 e. The molecule has 7 heteroatoms. The first-order chi connectivity index (χ1) is 13.1. The molecule has 2 aromatic rings. The van der Waals surface area contributed by atoms with E-state index in [1.54, 1.807) is 12.1 Å². The Hall–Kier alpha value is -2.41. The molecule has 1 aromatic heterocycles. The number of thioether (sulfide) groups is 1. The van der Waals surface area contributed by atoms with E-state index in [4.69, 9.17) is 0 Å². The number of benzene rings is 1. The molecule has 0 spiro atoms. The van der Waals surface area contributed by atoms with Crippen molar-refractivity contribution < 1.29 is 9.18 Å². The van der Waals surface area contributed by atoms with E-state index in [0.717, 1.165) is 23.4 Å². The minimum Gasteiger partial charge on any atom is -0.343 e. The predicted octanol–water partition coefficient (Wildman–Crippen LogP) is 3.83. The number of allylic oxidation sites excluding steroid dienone is 2. The average Bonchev–Trinajstić information content (AvgIpc) is 2.65. The summed E-state index contributed by atoms with van der Waals surface area (Å²) in [5, 5.41) is 3.78.